The number of halogens is 4. The second kappa shape index (κ2) is 15.4. The van der Waals surface area contributed by atoms with E-state index in [9.17, 15) is 36.7 Å². The predicted octanol–water partition coefficient (Wildman–Crippen LogP) is 5.91. The van der Waals surface area contributed by atoms with Crippen molar-refractivity contribution in [3.63, 3.8) is 0 Å². The van der Waals surface area contributed by atoms with Crippen molar-refractivity contribution in [1.82, 2.24) is 28.2 Å². The van der Waals surface area contributed by atoms with Crippen LogP contribution in [-0.2, 0) is 20.0 Å². The fourth-order valence-electron chi connectivity index (χ4n) is 6.85. The number of aryl methyl sites for hydroxylation is 4. The molecule has 0 spiro atoms. The Hall–Kier alpha value is -7.62. The second-order valence-electron chi connectivity index (χ2n) is 13.3. The van der Waals surface area contributed by atoms with Gasteiger partial charge in [-0.25, -0.2) is 36.3 Å². The topological polar surface area (TPSA) is 114 Å². The van der Waals surface area contributed by atoms with E-state index in [-0.39, 0.29) is 21.2 Å². The van der Waals surface area contributed by atoms with E-state index in [4.69, 9.17) is 0 Å². The second-order valence-corrected chi connectivity index (χ2v) is 14.2. The van der Waals surface area contributed by atoms with Gasteiger partial charge in [-0.3, -0.25) is 28.7 Å². The zero-order valence-corrected chi connectivity index (χ0v) is 31.7. The highest BCUT2D eigenvalue weighted by Gasteiger charge is 2.25. The van der Waals surface area contributed by atoms with Crippen molar-refractivity contribution in [2.45, 2.75) is 19.9 Å². The van der Waals surface area contributed by atoms with Gasteiger partial charge >= 0.3 is 11.4 Å². The van der Waals surface area contributed by atoms with Crippen molar-refractivity contribution in [3.05, 3.63) is 195 Å². The van der Waals surface area contributed by atoms with Gasteiger partial charge in [0.15, 0.2) is 23.3 Å². The first-order chi connectivity index (χ1) is 28.4. The van der Waals surface area contributed by atoms with Gasteiger partial charge in [-0.2, -0.15) is 0 Å². The number of nitrogens with zero attached hydrogens (tertiary/aromatic N) is 6. The van der Waals surface area contributed by atoms with Gasteiger partial charge in [0.25, 0.3) is 11.1 Å². The maximum absolute atomic E-state index is 14.9. The largest absolute Gasteiger partial charge is 0.336 e. The molecule has 0 atom stereocenters. The lowest BCUT2D eigenvalue weighted by molar-refractivity contribution is 0.556. The van der Waals surface area contributed by atoms with Crippen LogP contribution < -0.4 is 22.5 Å². The molecule has 9 rings (SSSR count). The first kappa shape index (κ1) is 38.3. The summed E-state index contributed by atoms with van der Waals surface area (Å²) in [5, 5.41) is 1.98. The Morgan fingerprint density at radius 1 is 0.644 bits per heavy atom. The Morgan fingerprint density at radius 2 is 1.17 bits per heavy atom. The molecule has 6 heterocycles. The van der Waals surface area contributed by atoms with E-state index in [1.807, 2.05) is 6.07 Å². The maximum Gasteiger partial charge on any atom is 0.336 e. The Kier molecular flexibility index (Phi) is 9.97. The van der Waals surface area contributed by atoms with Crippen LogP contribution in [0.3, 0.4) is 0 Å². The van der Waals surface area contributed by atoms with Crippen molar-refractivity contribution >= 4 is 32.5 Å². The molecular formula is C44H26F4N6O4S. The molecular weight excluding hydrogens is 785 g/mol. The summed E-state index contributed by atoms with van der Waals surface area (Å²) in [6.45, 7) is 2.12. The van der Waals surface area contributed by atoms with Crippen molar-refractivity contribution in [2.24, 2.45) is 7.05 Å². The molecule has 0 amide bonds. The lowest BCUT2D eigenvalue weighted by Crippen LogP contribution is -2.39. The maximum atomic E-state index is 14.9. The summed E-state index contributed by atoms with van der Waals surface area (Å²) in [6, 6.07) is 15.9. The molecule has 15 heteroatoms. The van der Waals surface area contributed by atoms with Gasteiger partial charge in [0.2, 0.25) is 0 Å². The quantitative estimate of drug-likeness (QED) is 0.159. The highest BCUT2D eigenvalue weighted by molar-refractivity contribution is 7.17. The first-order valence-corrected chi connectivity index (χ1v) is 18.6. The Labute approximate surface area is 334 Å². The third-order valence-corrected chi connectivity index (χ3v) is 10.6. The minimum Gasteiger partial charge on any atom is -0.295 e. The van der Waals surface area contributed by atoms with E-state index in [1.54, 1.807) is 61.1 Å². The number of benzene rings is 3. The number of para-hydroxylation sites is 1. The molecule has 0 fully saturated rings. The summed E-state index contributed by atoms with van der Waals surface area (Å²) in [7, 11) is 1.46. The molecule has 0 bridgehead atoms. The van der Waals surface area contributed by atoms with Crippen LogP contribution in [-0.4, -0.2) is 28.2 Å². The zero-order chi connectivity index (χ0) is 41.5. The van der Waals surface area contributed by atoms with Gasteiger partial charge < -0.3 is 0 Å². The molecule has 0 N–H and O–H groups in total. The van der Waals surface area contributed by atoms with Gasteiger partial charge in [-0.1, -0.05) is 35.8 Å². The molecule has 8 aromatic rings. The minimum atomic E-state index is -1.05. The van der Waals surface area contributed by atoms with Crippen molar-refractivity contribution in [2.75, 3.05) is 0 Å². The molecule has 0 saturated heterocycles. The van der Waals surface area contributed by atoms with E-state index in [2.05, 4.69) is 33.6 Å². The van der Waals surface area contributed by atoms with Gasteiger partial charge in [0.1, 0.15) is 16.1 Å². The smallest absolute Gasteiger partial charge is 0.295 e. The number of aromatic nitrogens is 6. The van der Waals surface area contributed by atoms with Gasteiger partial charge in [0.05, 0.1) is 16.4 Å². The highest BCUT2D eigenvalue weighted by atomic mass is 32.1. The van der Waals surface area contributed by atoms with Crippen molar-refractivity contribution < 1.29 is 17.6 Å². The lowest BCUT2D eigenvalue weighted by Gasteiger charge is -2.12. The summed E-state index contributed by atoms with van der Waals surface area (Å²) in [5.74, 6) is 6.68. The molecule has 1 aliphatic rings. The van der Waals surface area contributed by atoms with E-state index >= 15 is 0 Å². The normalized spacial score (nSPS) is 11.4. The molecule has 10 nitrogen and oxygen atoms in total. The average molecular weight is 811 g/mol. The fourth-order valence-corrected chi connectivity index (χ4v) is 7.86. The molecule has 0 saturated carbocycles. The van der Waals surface area contributed by atoms with Crippen LogP contribution in [0, 0.1) is 53.9 Å². The molecule has 290 valence electrons. The zero-order valence-electron chi connectivity index (χ0n) is 30.9. The summed E-state index contributed by atoms with van der Waals surface area (Å²) >= 11 is 1.13. The molecule has 5 aromatic heterocycles. The summed E-state index contributed by atoms with van der Waals surface area (Å²) in [4.78, 5) is 59.3. The molecule has 3 aromatic carbocycles. The number of thiophene rings is 1. The molecule has 0 unspecified atom stereocenters. The van der Waals surface area contributed by atoms with E-state index in [0.29, 0.717) is 44.3 Å². The van der Waals surface area contributed by atoms with Crippen LogP contribution in [0.25, 0.3) is 32.5 Å². The van der Waals surface area contributed by atoms with Crippen LogP contribution in [0.5, 0.6) is 0 Å². The monoisotopic (exact) mass is 810 g/mol. The van der Waals surface area contributed by atoms with Crippen molar-refractivity contribution in [1.29, 1.82) is 0 Å². The first-order valence-electron chi connectivity index (χ1n) is 17.7. The SMILES string of the molecule is Cc1csc2c(=O)n(-c3c(F)cc(C#Cc4cccnc4)cc3F)c(=O)n(C)c12.O=c1c2cccc3c2n(c(=O)n1-c1c(F)cc(C#Cc2cccnc2)cc1F)CC3. The molecule has 0 radical (unpaired) electrons. The predicted molar refractivity (Wildman–Crippen MR) is 215 cm³/mol. The summed E-state index contributed by atoms with van der Waals surface area (Å²) in [6.07, 6.45) is 6.82. The molecule has 0 aliphatic carbocycles. The van der Waals surface area contributed by atoms with E-state index < -0.39 is 57.1 Å². The number of rotatable bonds is 2. The lowest BCUT2D eigenvalue weighted by atomic mass is 10.1. The van der Waals surface area contributed by atoms with E-state index in [0.717, 1.165) is 46.7 Å². The standard InChI is InChI=1S/C23H13F2N3O2.C21H13F2N3O2S/c24-18-11-15(7-6-14-3-2-9-26-13-14)12-19(25)21(18)28-22(29)17-5-1-4-16-8-10-27(20(16)17)23(28)30;1-12-11-29-19-17(12)25(2)21(28)26(20(19)27)18-15(22)8-14(9-16(18)23)6-5-13-4-3-7-24-10-13/h1-5,9,11-13H,8,10H2;3-4,7-11H,1-2H3. The minimum absolute atomic E-state index is 0.0746. The number of fused-ring (bicyclic) bond motifs is 1. The van der Waals surface area contributed by atoms with Crippen molar-refractivity contribution in [3.8, 4) is 35.1 Å². The van der Waals surface area contributed by atoms with Gasteiger partial charge in [0, 0.05) is 60.6 Å². The Balaban J connectivity index is 0.000000164. The Morgan fingerprint density at radius 3 is 1.69 bits per heavy atom. The van der Waals surface area contributed by atoms with Gasteiger partial charge in [-0.15, -0.1) is 11.3 Å². The Bertz CT molecular complexity index is 3360. The average Bonchev–Trinajstić information content (AvgIpc) is 3.85. The fraction of sp³-hybridized carbons (Fsp3) is 0.0909. The number of hydrogen-bond donors (Lipinski definition) is 0. The number of pyridine rings is 2. The summed E-state index contributed by atoms with van der Waals surface area (Å²) in [5.41, 5.74) is -0.558. The summed E-state index contributed by atoms with van der Waals surface area (Å²) < 4.78 is 63.4. The third kappa shape index (κ3) is 6.94. The third-order valence-electron chi connectivity index (χ3n) is 9.51. The van der Waals surface area contributed by atoms with Crippen LogP contribution >= 0.6 is 11.3 Å². The van der Waals surface area contributed by atoms with Crippen LogP contribution in [0.2, 0.25) is 0 Å². The number of hydrogen-bond acceptors (Lipinski definition) is 7. The van der Waals surface area contributed by atoms with Crippen LogP contribution in [0.15, 0.2) is 116 Å². The molecule has 1 aliphatic heterocycles. The highest BCUT2D eigenvalue weighted by Crippen LogP contribution is 2.25. The van der Waals surface area contributed by atoms with Gasteiger partial charge in [-0.05, 0) is 84.4 Å². The van der Waals surface area contributed by atoms with Crippen LogP contribution in [0.4, 0.5) is 17.6 Å². The molecule has 59 heavy (non-hydrogen) atoms. The van der Waals surface area contributed by atoms with E-state index in [1.165, 1.54) is 28.6 Å². The van der Waals surface area contributed by atoms with Crippen LogP contribution in [0.1, 0.15) is 33.4 Å².